The predicted molar refractivity (Wildman–Crippen MR) is 92.2 cm³/mol. The molecule has 2 N–H and O–H groups in total. The van der Waals surface area contributed by atoms with Crippen molar-refractivity contribution in [1.82, 2.24) is 5.16 Å². The topological polar surface area (TPSA) is 98.4 Å². The van der Waals surface area contributed by atoms with Crippen LogP contribution in [0.3, 0.4) is 0 Å². The number of aliphatic hydroxyl groups excluding tert-OH is 1. The first-order chi connectivity index (χ1) is 11.7. The van der Waals surface area contributed by atoms with Gasteiger partial charge in [-0.1, -0.05) is 19.0 Å². The van der Waals surface area contributed by atoms with E-state index in [1.807, 2.05) is 0 Å². The lowest BCUT2D eigenvalue weighted by Gasteiger charge is -2.27. The molecule has 10 heteroatoms. The Labute approximate surface area is 153 Å². The van der Waals surface area contributed by atoms with Crippen molar-refractivity contribution in [3.8, 4) is 0 Å². The van der Waals surface area contributed by atoms with Crippen molar-refractivity contribution in [2.75, 3.05) is 11.1 Å². The van der Waals surface area contributed by atoms with Crippen molar-refractivity contribution < 1.29 is 32.1 Å². The Morgan fingerprint density at radius 1 is 1.38 bits per heavy atom. The molecular weight excluding hydrogens is 373 g/mol. The Hall–Kier alpha value is -1.26. The molecule has 0 bridgehead atoms. The highest BCUT2D eigenvalue weighted by molar-refractivity contribution is 7.93. The van der Waals surface area contributed by atoms with E-state index in [1.165, 1.54) is 19.9 Å². The SMILES string of the molecule is CC(O)C(C)(C)c1cc(NC(=O)C(C)(C)[S@+]([O-])CCCC(F)(F)F)on1. The second-order valence-corrected chi connectivity index (χ2v) is 9.33. The Bertz CT molecular complexity index is 615. The van der Waals surface area contributed by atoms with Crippen molar-refractivity contribution in [3.63, 3.8) is 0 Å². The summed E-state index contributed by atoms with van der Waals surface area (Å²) < 4.78 is 52.4. The molecule has 1 amide bonds. The Morgan fingerprint density at radius 3 is 2.46 bits per heavy atom. The van der Waals surface area contributed by atoms with Gasteiger partial charge in [-0.3, -0.25) is 10.1 Å². The van der Waals surface area contributed by atoms with Gasteiger partial charge >= 0.3 is 6.18 Å². The van der Waals surface area contributed by atoms with E-state index >= 15 is 0 Å². The molecule has 0 spiro atoms. The van der Waals surface area contributed by atoms with Gasteiger partial charge in [0.2, 0.25) is 5.88 Å². The van der Waals surface area contributed by atoms with Crippen LogP contribution in [0.1, 0.15) is 53.2 Å². The normalized spacial score (nSPS) is 15.6. The quantitative estimate of drug-likeness (QED) is 0.656. The van der Waals surface area contributed by atoms with Crippen LogP contribution in [-0.2, 0) is 21.4 Å². The third-order valence-corrected chi connectivity index (χ3v) is 6.34. The number of anilines is 1. The fourth-order valence-electron chi connectivity index (χ4n) is 1.88. The molecule has 0 aliphatic rings. The van der Waals surface area contributed by atoms with Crippen LogP contribution < -0.4 is 5.32 Å². The van der Waals surface area contributed by atoms with Crippen molar-refractivity contribution in [2.45, 2.75) is 69.9 Å². The van der Waals surface area contributed by atoms with E-state index in [-0.39, 0.29) is 18.1 Å². The fraction of sp³-hybridized carbons (Fsp3) is 0.750. The summed E-state index contributed by atoms with van der Waals surface area (Å²) in [6, 6.07) is 1.45. The van der Waals surface area contributed by atoms with E-state index in [0.717, 1.165) is 0 Å². The average Bonchev–Trinajstić information content (AvgIpc) is 2.94. The molecular formula is C16H25F3N2O4S. The van der Waals surface area contributed by atoms with Gasteiger partial charge in [-0.25, -0.2) is 0 Å². The lowest BCUT2D eigenvalue weighted by atomic mass is 9.84. The van der Waals surface area contributed by atoms with Crippen LogP contribution in [0.25, 0.3) is 0 Å². The molecule has 6 nitrogen and oxygen atoms in total. The summed E-state index contributed by atoms with van der Waals surface area (Å²) in [4.78, 5) is 12.4. The van der Waals surface area contributed by atoms with Gasteiger partial charge in [0.05, 0.1) is 11.8 Å². The Kier molecular flexibility index (Phi) is 7.17. The van der Waals surface area contributed by atoms with Crippen LogP contribution in [0.2, 0.25) is 0 Å². The van der Waals surface area contributed by atoms with Gasteiger partial charge in [0.25, 0.3) is 5.91 Å². The molecule has 26 heavy (non-hydrogen) atoms. The molecule has 0 aromatic carbocycles. The minimum atomic E-state index is -4.32. The van der Waals surface area contributed by atoms with Crippen LogP contribution in [0.15, 0.2) is 10.6 Å². The first-order valence-electron chi connectivity index (χ1n) is 8.10. The minimum absolute atomic E-state index is 0.0130. The average molecular weight is 398 g/mol. The van der Waals surface area contributed by atoms with Gasteiger partial charge in [0.15, 0.2) is 4.75 Å². The number of nitrogens with one attached hydrogen (secondary N) is 1. The summed E-state index contributed by atoms with van der Waals surface area (Å²) in [7, 11) is 0. The molecule has 0 aliphatic carbocycles. The van der Waals surface area contributed by atoms with E-state index in [4.69, 9.17) is 4.52 Å². The van der Waals surface area contributed by atoms with Crippen molar-refractivity contribution in [2.24, 2.45) is 0 Å². The molecule has 0 fully saturated rings. The highest BCUT2D eigenvalue weighted by Crippen LogP contribution is 2.29. The molecule has 2 atom stereocenters. The number of amides is 1. The second kappa shape index (κ2) is 8.18. The summed E-state index contributed by atoms with van der Waals surface area (Å²) in [6.07, 6.45) is -6.39. The molecule has 1 aromatic heterocycles. The van der Waals surface area contributed by atoms with Gasteiger partial charge in [-0.05, 0) is 31.9 Å². The summed E-state index contributed by atoms with van der Waals surface area (Å²) in [5.74, 6) is -0.879. The summed E-state index contributed by atoms with van der Waals surface area (Å²) in [5, 5.41) is 16.0. The highest BCUT2D eigenvalue weighted by atomic mass is 32.2. The Balaban J connectivity index is 2.72. The number of hydrogen-bond donors (Lipinski definition) is 2. The smallest absolute Gasteiger partial charge is 0.389 e. The predicted octanol–water partition coefficient (Wildman–Crippen LogP) is 3.14. The zero-order valence-corrected chi connectivity index (χ0v) is 16.3. The van der Waals surface area contributed by atoms with Gasteiger partial charge in [-0.15, -0.1) is 0 Å². The zero-order valence-electron chi connectivity index (χ0n) is 15.4. The first-order valence-corrected chi connectivity index (χ1v) is 9.41. The monoisotopic (exact) mass is 398 g/mol. The van der Waals surface area contributed by atoms with Crippen LogP contribution >= 0.6 is 0 Å². The maximum absolute atomic E-state index is 12.4. The van der Waals surface area contributed by atoms with E-state index in [1.54, 1.807) is 20.8 Å². The molecule has 150 valence electrons. The van der Waals surface area contributed by atoms with E-state index in [9.17, 15) is 27.6 Å². The van der Waals surface area contributed by atoms with Gasteiger partial charge in [0.1, 0.15) is 5.75 Å². The van der Waals surface area contributed by atoms with Crippen LogP contribution in [-0.4, -0.2) is 43.5 Å². The summed E-state index contributed by atoms with van der Waals surface area (Å²) >= 11 is -1.80. The van der Waals surface area contributed by atoms with E-state index in [2.05, 4.69) is 10.5 Å². The highest BCUT2D eigenvalue weighted by Gasteiger charge is 2.41. The third-order valence-electron chi connectivity index (χ3n) is 4.36. The zero-order chi connectivity index (χ0) is 20.3. The summed E-state index contributed by atoms with van der Waals surface area (Å²) in [5.41, 5.74) is -0.283. The fourth-order valence-corrected chi connectivity index (χ4v) is 3.05. The number of nitrogens with zero attached hydrogens (tertiary/aromatic N) is 1. The maximum Gasteiger partial charge on any atom is 0.389 e. The Morgan fingerprint density at radius 2 is 1.96 bits per heavy atom. The number of aromatic nitrogens is 1. The molecule has 1 unspecified atom stereocenters. The van der Waals surface area contributed by atoms with Crippen molar-refractivity contribution in [1.29, 1.82) is 0 Å². The standard InChI is InChI=1S/C16H25F3N2O4S/c1-10(22)14(2,3)11-9-12(25-21-11)20-13(23)15(4,5)26(24)8-6-7-16(17,18)19/h9-10,22H,6-8H2,1-5H3,(H,20,23)/t10?,26-/m1/s1. The lowest BCUT2D eigenvalue weighted by molar-refractivity contribution is -0.134. The van der Waals surface area contributed by atoms with Crippen LogP contribution in [0, 0.1) is 0 Å². The lowest BCUT2D eigenvalue weighted by Crippen LogP contribution is -2.45. The van der Waals surface area contributed by atoms with E-state index in [0.29, 0.717) is 5.69 Å². The molecule has 0 radical (unpaired) electrons. The van der Waals surface area contributed by atoms with Gasteiger partial charge < -0.3 is 14.2 Å². The second-order valence-electron chi connectivity index (χ2n) is 7.21. The molecule has 1 heterocycles. The number of alkyl halides is 3. The van der Waals surface area contributed by atoms with Crippen LogP contribution in [0.4, 0.5) is 19.1 Å². The molecule has 0 saturated heterocycles. The number of carbonyl (C=O) groups is 1. The maximum atomic E-state index is 12.4. The largest absolute Gasteiger partial charge is 0.616 e. The first kappa shape index (κ1) is 22.8. The number of halogens is 3. The van der Waals surface area contributed by atoms with Crippen molar-refractivity contribution in [3.05, 3.63) is 11.8 Å². The number of carbonyl (C=O) groups excluding carboxylic acids is 1. The van der Waals surface area contributed by atoms with E-state index < -0.39 is 45.9 Å². The minimum Gasteiger partial charge on any atom is -0.616 e. The van der Waals surface area contributed by atoms with Crippen molar-refractivity contribution >= 4 is 23.0 Å². The molecule has 0 aliphatic heterocycles. The molecule has 1 rings (SSSR count). The van der Waals surface area contributed by atoms with Gasteiger partial charge in [-0.2, -0.15) is 13.2 Å². The number of aliphatic hydroxyl groups is 1. The van der Waals surface area contributed by atoms with Crippen LogP contribution in [0.5, 0.6) is 0 Å². The number of hydrogen-bond acceptors (Lipinski definition) is 5. The van der Waals surface area contributed by atoms with Gasteiger partial charge in [0, 0.05) is 24.3 Å². The third kappa shape index (κ3) is 5.88. The summed E-state index contributed by atoms with van der Waals surface area (Å²) in [6.45, 7) is 7.88. The molecule has 1 aromatic rings. The number of rotatable bonds is 8. The molecule has 0 saturated carbocycles.